The fraction of sp³-hybridized carbons (Fsp3) is 0.562. The molecular weight excluding hydrogens is 268 g/mol. The largest absolute Gasteiger partial charge is 0.352 e. The standard InChI is InChI=1S/C16H24N2OS/c1-20-10-4-9-18-16(19)14-6-2-5-13(11-14)15-7-3-8-17-12-15/h2,5-6,11,15,17H,3-4,7-10,12H2,1H3,(H,18,19). The predicted octanol–water partition coefficient (Wildman–Crippen LogP) is 2.64. The Bertz CT molecular complexity index is 430. The molecule has 0 aliphatic carbocycles. The number of carbonyl (C=O) groups is 1. The first-order valence-electron chi connectivity index (χ1n) is 7.39. The van der Waals surface area contributed by atoms with Crippen LogP contribution in [0, 0.1) is 0 Å². The summed E-state index contributed by atoms with van der Waals surface area (Å²) in [6.45, 7) is 2.90. The Hall–Kier alpha value is -1.00. The highest BCUT2D eigenvalue weighted by atomic mass is 32.2. The molecule has 2 N–H and O–H groups in total. The van der Waals surface area contributed by atoms with Gasteiger partial charge in [0.25, 0.3) is 5.91 Å². The molecule has 1 saturated heterocycles. The molecule has 1 aromatic rings. The van der Waals surface area contributed by atoms with Crippen LogP contribution in [-0.2, 0) is 0 Å². The Balaban J connectivity index is 1.92. The van der Waals surface area contributed by atoms with Crippen LogP contribution in [0.25, 0.3) is 0 Å². The van der Waals surface area contributed by atoms with Crippen molar-refractivity contribution in [2.24, 2.45) is 0 Å². The summed E-state index contributed by atoms with van der Waals surface area (Å²) in [6.07, 6.45) is 5.55. The van der Waals surface area contributed by atoms with E-state index in [1.807, 2.05) is 23.9 Å². The molecule has 0 bridgehead atoms. The summed E-state index contributed by atoms with van der Waals surface area (Å²) in [6, 6.07) is 8.11. The Labute approximate surface area is 125 Å². The van der Waals surface area contributed by atoms with Crippen molar-refractivity contribution >= 4 is 17.7 Å². The molecule has 2 rings (SSSR count). The molecule has 0 spiro atoms. The first-order chi connectivity index (χ1) is 9.81. The molecule has 0 saturated carbocycles. The SMILES string of the molecule is CSCCCNC(=O)c1cccc(C2CCCNC2)c1. The first kappa shape index (κ1) is 15.4. The van der Waals surface area contributed by atoms with Crippen LogP contribution in [0.1, 0.15) is 41.1 Å². The number of nitrogens with one attached hydrogen (secondary N) is 2. The monoisotopic (exact) mass is 292 g/mol. The van der Waals surface area contributed by atoms with Crippen molar-refractivity contribution in [2.45, 2.75) is 25.2 Å². The molecule has 4 heteroatoms. The van der Waals surface area contributed by atoms with E-state index in [-0.39, 0.29) is 5.91 Å². The van der Waals surface area contributed by atoms with Gasteiger partial charge in [0.2, 0.25) is 0 Å². The van der Waals surface area contributed by atoms with Crippen LogP contribution in [0.4, 0.5) is 0 Å². The smallest absolute Gasteiger partial charge is 0.251 e. The van der Waals surface area contributed by atoms with Gasteiger partial charge in [-0.1, -0.05) is 12.1 Å². The van der Waals surface area contributed by atoms with Crippen molar-refractivity contribution in [1.82, 2.24) is 10.6 Å². The van der Waals surface area contributed by atoms with E-state index >= 15 is 0 Å². The second-order valence-corrected chi connectivity index (χ2v) is 6.26. The molecule has 1 aliphatic rings. The molecule has 110 valence electrons. The lowest BCUT2D eigenvalue weighted by Crippen LogP contribution is -2.29. The number of piperidine rings is 1. The molecule has 3 nitrogen and oxygen atoms in total. The summed E-state index contributed by atoms with van der Waals surface area (Å²) in [5, 5.41) is 6.42. The lowest BCUT2D eigenvalue weighted by molar-refractivity contribution is 0.0953. The van der Waals surface area contributed by atoms with Gasteiger partial charge in [-0.2, -0.15) is 11.8 Å². The van der Waals surface area contributed by atoms with Crippen LogP contribution in [0.3, 0.4) is 0 Å². The van der Waals surface area contributed by atoms with Crippen LogP contribution in [0.2, 0.25) is 0 Å². The van der Waals surface area contributed by atoms with Gasteiger partial charge >= 0.3 is 0 Å². The quantitative estimate of drug-likeness (QED) is 0.792. The number of thioether (sulfide) groups is 1. The van der Waals surface area contributed by atoms with Crippen LogP contribution >= 0.6 is 11.8 Å². The van der Waals surface area contributed by atoms with Crippen molar-refractivity contribution < 1.29 is 4.79 Å². The van der Waals surface area contributed by atoms with Gasteiger partial charge in [-0.3, -0.25) is 4.79 Å². The average Bonchev–Trinajstić information content (AvgIpc) is 2.52. The Kier molecular flexibility index (Phi) is 6.40. The lowest BCUT2D eigenvalue weighted by Gasteiger charge is -2.23. The van der Waals surface area contributed by atoms with Crippen molar-refractivity contribution in [3.8, 4) is 0 Å². The van der Waals surface area contributed by atoms with Crippen LogP contribution in [0.5, 0.6) is 0 Å². The number of benzene rings is 1. The summed E-state index contributed by atoms with van der Waals surface area (Å²) in [5.74, 6) is 1.69. The summed E-state index contributed by atoms with van der Waals surface area (Å²) < 4.78 is 0. The maximum absolute atomic E-state index is 12.1. The van der Waals surface area contributed by atoms with E-state index in [4.69, 9.17) is 0 Å². The number of hydrogen-bond donors (Lipinski definition) is 2. The molecule has 0 radical (unpaired) electrons. The highest BCUT2D eigenvalue weighted by Crippen LogP contribution is 2.23. The van der Waals surface area contributed by atoms with E-state index in [0.717, 1.165) is 37.4 Å². The van der Waals surface area contributed by atoms with Crippen molar-refractivity contribution in [3.63, 3.8) is 0 Å². The van der Waals surface area contributed by atoms with Gasteiger partial charge in [0.05, 0.1) is 0 Å². The van der Waals surface area contributed by atoms with E-state index in [0.29, 0.717) is 5.92 Å². The lowest BCUT2D eigenvalue weighted by atomic mass is 9.90. The molecule has 1 atom stereocenters. The Morgan fingerprint density at radius 1 is 1.50 bits per heavy atom. The third-order valence-electron chi connectivity index (χ3n) is 3.73. The minimum Gasteiger partial charge on any atom is -0.352 e. The molecule has 1 aliphatic heterocycles. The second kappa shape index (κ2) is 8.32. The van der Waals surface area contributed by atoms with Crippen LogP contribution in [-0.4, -0.2) is 37.6 Å². The van der Waals surface area contributed by atoms with Crippen molar-refractivity contribution in [3.05, 3.63) is 35.4 Å². The van der Waals surface area contributed by atoms with Crippen molar-refractivity contribution in [2.75, 3.05) is 31.6 Å². The number of rotatable bonds is 6. The molecule has 1 heterocycles. The maximum Gasteiger partial charge on any atom is 0.251 e. The van der Waals surface area contributed by atoms with Gasteiger partial charge in [0.1, 0.15) is 0 Å². The maximum atomic E-state index is 12.1. The summed E-state index contributed by atoms with van der Waals surface area (Å²) in [5.41, 5.74) is 2.08. The molecule has 20 heavy (non-hydrogen) atoms. The van der Waals surface area contributed by atoms with Crippen LogP contribution < -0.4 is 10.6 Å². The van der Waals surface area contributed by atoms with Gasteiger partial charge in [0, 0.05) is 18.7 Å². The highest BCUT2D eigenvalue weighted by molar-refractivity contribution is 7.98. The third kappa shape index (κ3) is 4.53. The normalized spacial score (nSPS) is 18.8. The van der Waals surface area contributed by atoms with Gasteiger partial charge < -0.3 is 10.6 Å². The van der Waals surface area contributed by atoms with E-state index in [9.17, 15) is 4.79 Å². The van der Waals surface area contributed by atoms with Gasteiger partial charge in [0.15, 0.2) is 0 Å². The minimum atomic E-state index is 0.0525. The summed E-state index contributed by atoms with van der Waals surface area (Å²) >= 11 is 1.81. The zero-order chi connectivity index (χ0) is 14.2. The van der Waals surface area contributed by atoms with Gasteiger partial charge in [-0.05, 0) is 61.4 Å². The van der Waals surface area contributed by atoms with E-state index in [1.165, 1.54) is 18.4 Å². The second-order valence-electron chi connectivity index (χ2n) is 5.27. The zero-order valence-electron chi connectivity index (χ0n) is 12.2. The average molecular weight is 292 g/mol. The Morgan fingerprint density at radius 2 is 2.40 bits per heavy atom. The molecule has 1 unspecified atom stereocenters. The fourth-order valence-corrected chi connectivity index (χ4v) is 3.02. The van der Waals surface area contributed by atoms with Gasteiger partial charge in [-0.25, -0.2) is 0 Å². The number of carbonyl (C=O) groups excluding carboxylic acids is 1. The number of amides is 1. The zero-order valence-corrected chi connectivity index (χ0v) is 13.0. The van der Waals surface area contributed by atoms with Gasteiger partial charge in [-0.15, -0.1) is 0 Å². The van der Waals surface area contributed by atoms with E-state index < -0.39 is 0 Å². The Morgan fingerprint density at radius 3 is 3.15 bits per heavy atom. The molecule has 1 aromatic carbocycles. The molecule has 0 aromatic heterocycles. The molecule has 1 amide bonds. The number of hydrogen-bond acceptors (Lipinski definition) is 3. The van der Waals surface area contributed by atoms with Crippen molar-refractivity contribution in [1.29, 1.82) is 0 Å². The minimum absolute atomic E-state index is 0.0525. The summed E-state index contributed by atoms with van der Waals surface area (Å²) in [4.78, 5) is 12.1. The third-order valence-corrected chi connectivity index (χ3v) is 4.42. The van der Waals surface area contributed by atoms with Crippen LogP contribution in [0.15, 0.2) is 24.3 Å². The summed E-state index contributed by atoms with van der Waals surface area (Å²) in [7, 11) is 0. The highest BCUT2D eigenvalue weighted by Gasteiger charge is 2.16. The first-order valence-corrected chi connectivity index (χ1v) is 8.78. The molecule has 1 fully saturated rings. The topological polar surface area (TPSA) is 41.1 Å². The predicted molar refractivity (Wildman–Crippen MR) is 86.6 cm³/mol. The molecular formula is C16H24N2OS. The van der Waals surface area contributed by atoms with E-state index in [1.54, 1.807) is 0 Å². The van der Waals surface area contributed by atoms with E-state index in [2.05, 4.69) is 29.0 Å². The fourth-order valence-electron chi connectivity index (χ4n) is 2.59.